The van der Waals surface area contributed by atoms with Gasteiger partial charge in [-0.2, -0.15) is 0 Å². The number of anilines is 1. The van der Waals surface area contributed by atoms with Crippen molar-refractivity contribution >= 4 is 28.3 Å². The van der Waals surface area contributed by atoms with E-state index in [9.17, 15) is 9.59 Å². The van der Waals surface area contributed by atoms with Crippen LogP contribution in [0, 0.1) is 0 Å². The summed E-state index contributed by atoms with van der Waals surface area (Å²) in [5, 5.41) is 13.2. The lowest BCUT2D eigenvalue weighted by Gasteiger charge is -2.16. The Morgan fingerprint density at radius 2 is 2.17 bits per heavy atom. The van der Waals surface area contributed by atoms with Crippen LogP contribution in [-0.4, -0.2) is 43.5 Å². The zero-order valence-electron chi connectivity index (χ0n) is 13.8. The van der Waals surface area contributed by atoms with Crippen molar-refractivity contribution in [3.63, 3.8) is 0 Å². The third-order valence-electron chi connectivity index (χ3n) is 3.92. The molecule has 0 saturated heterocycles. The SMILES string of the molecule is CC(=O)Nc1nc(C(=O)N(C)Cc2nnc3n2CCCCC3)cs1. The van der Waals surface area contributed by atoms with Gasteiger partial charge in [0, 0.05) is 32.3 Å². The van der Waals surface area contributed by atoms with Crippen molar-refractivity contribution < 1.29 is 9.59 Å². The molecule has 2 amide bonds. The van der Waals surface area contributed by atoms with E-state index in [0.717, 1.165) is 37.5 Å². The van der Waals surface area contributed by atoms with Gasteiger partial charge in [0.2, 0.25) is 5.91 Å². The highest BCUT2D eigenvalue weighted by Gasteiger charge is 2.20. The zero-order chi connectivity index (χ0) is 17.1. The van der Waals surface area contributed by atoms with Crippen molar-refractivity contribution in [3.8, 4) is 0 Å². The number of aromatic nitrogens is 4. The van der Waals surface area contributed by atoms with Crippen molar-refractivity contribution in [1.82, 2.24) is 24.6 Å². The number of thiazole rings is 1. The molecule has 0 aliphatic carbocycles. The summed E-state index contributed by atoms with van der Waals surface area (Å²) >= 11 is 1.23. The molecule has 3 rings (SSSR count). The van der Waals surface area contributed by atoms with Crippen molar-refractivity contribution in [1.29, 1.82) is 0 Å². The number of hydrogen-bond donors (Lipinski definition) is 1. The summed E-state index contributed by atoms with van der Waals surface area (Å²) in [6, 6.07) is 0. The van der Waals surface area contributed by atoms with E-state index in [0.29, 0.717) is 17.4 Å². The molecule has 0 fully saturated rings. The monoisotopic (exact) mass is 348 g/mol. The number of hydrogen-bond acceptors (Lipinski definition) is 6. The summed E-state index contributed by atoms with van der Waals surface area (Å²) in [4.78, 5) is 29.3. The lowest BCUT2D eigenvalue weighted by atomic mass is 10.2. The molecule has 2 aromatic heterocycles. The van der Waals surface area contributed by atoms with E-state index < -0.39 is 0 Å². The first-order chi connectivity index (χ1) is 11.5. The number of carbonyl (C=O) groups excluding carboxylic acids is 2. The van der Waals surface area contributed by atoms with Crippen molar-refractivity contribution in [2.45, 2.75) is 45.7 Å². The minimum Gasteiger partial charge on any atom is -0.333 e. The summed E-state index contributed by atoms with van der Waals surface area (Å²) in [5.74, 6) is 1.40. The second-order valence-electron chi connectivity index (χ2n) is 5.88. The topological polar surface area (TPSA) is 93.0 Å². The lowest BCUT2D eigenvalue weighted by Crippen LogP contribution is -2.28. The minimum absolute atomic E-state index is 0.200. The van der Waals surface area contributed by atoms with Crippen LogP contribution in [0.5, 0.6) is 0 Å². The van der Waals surface area contributed by atoms with Crippen LogP contribution < -0.4 is 5.32 Å². The molecule has 0 radical (unpaired) electrons. The number of amides is 2. The lowest BCUT2D eigenvalue weighted by molar-refractivity contribution is -0.114. The molecule has 0 atom stereocenters. The summed E-state index contributed by atoms with van der Waals surface area (Å²) in [5.41, 5.74) is 0.321. The van der Waals surface area contributed by atoms with Crippen LogP contribution in [0.15, 0.2) is 5.38 Å². The fourth-order valence-electron chi connectivity index (χ4n) is 2.72. The van der Waals surface area contributed by atoms with Gasteiger partial charge >= 0.3 is 0 Å². The Morgan fingerprint density at radius 1 is 1.33 bits per heavy atom. The molecular formula is C15H20N6O2S. The summed E-state index contributed by atoms with van der Waals surface area (Å²) in [6.45, 7) is 2.70. The van der Waals surface area contributed by atoms with E-state index in [1.54, 1.807) is 17.3 Å². The summed E-state index contributed by atoms with van der Waals surface area (Å²) < 4.78 is 2.13. The van der Waals surface area contributed by atoms with Crippen LogP contribution in [-0.2, 0) is 24.3 Å². The van der Waals surface area contributed by atoms with E-state index in [4.69, 9.17) is 0 Å². The Kier molecular flexibility index (Phi) is 4.89. The van der Waals surface area contributed by atoms with Gasteiger partial charge in [-0.1, -0.05) is 6.42 Å². The fourth-order valence-corrected chi connectivity index (χ4v) is 3.45. The first kappa shape index (κ1) is 16.6. The largest absolute Gasteiger partial charge is 0.333 e. The smallest absolute Gasteiger partial charge is 0.273 e. The molecule has 9 heteroatoms. The number of fused-ring (bicyclic) bond motifs is 1. The summed E-state index contributed by atoms with van der Waals surface area (Å²) in [6.07, 6.45) is 4.39. The molecule has 1 N–H and O–H groups in total. The quantitative estimate of drug-likeness (QED) is 0.907. The maximum Gasteiger partial charge on any atom is 0.273 e. The second-order valence-corrected chi connectivity index (χ2v) is 6.73. The highest BCUT2D eigenvalue weighted by atomic mass is 32.1. The molecule has 1 aliphatic rings. The number of rotatable bonds is 4. The number of nitrogens with zero attached hydrogens (tertiary/aromatic N) is 5. The van der Waals surface area contributed by atoms with Crippen molar-refractivity contribution in [2.24, 2.45) is 0 Å². The molecule has 2 aromatic rings. The Bertz CT molecular complexity index is 753. The molecule has 0 unspecified atom stereocenters. The van der Waals surface area contributed by atoms with E-state index in [-0.39, 0.29) is 11.8 Å². The van der Waals surface area contributed by atoms with Crippen LogP contribution in [0.3, 0.4) is 0 Å². The molecule has 1 aliphatic heterocycles. The van der Waals surface area contributed by atoms with Gasteiger partial charge in [0.25, 0.3) is 5.91 Å². The average Bonchev–Trinajstić information content (AvgIpc) is 3.07. The van der Waals surface area contributed by atoms with Crippen molar-refractivity contribution in [2.75, 3.05) is 12.4 Å². The Labute approximate surface area is 143 Å². The molecular weight excluding hydrogens is 328 g/mol. The number of nitrogens with one attached hydrogen (secondary N) is 1. The maximum atomic E-state index is 12.5. The third kappa shape index (κ3) is 3.61. The Balaban J connectivity index is 1.69. The molecule has 0 bridgehead atoms. The summed E-state index contributed by atoms with van der Waals surface area (Å²) in [7, 11) is 1.72. The predicted molar refractivity (Wildman–Crippen MR) is 89.8 cm³/mol. The molecule has 24 heavy (non-hydrogen) atoms. The third-order valence-corrected chi connectivity index (χ3v) is 4.68. The molecule has 8 nitrogen and oxygen atoms in total. The highest BCUT2D eigenvalue weighted by molar-refractivity contribution is 7.14. The van der Waals surface area contributed by atoms with E-state index in [1.165, 1.54) is 24.7 Å². The van der Waals surface area contributed by atoms with Gasteiger partial charge in [0.15, 0.2) is 11.0 Å². The van der Waals surface area contributed by atoms with Gasteiger partial charge in [-0.3, -0.25) is 9.59 Å². The van der Waals surface area contributed by atoms with Gasteiger partial charge < -0.3 is 14.8 Å². The molecule has 0 saturated carbocycles. The van der Waals surface area contributed by atoms with E-state index in [2.05, 4.69) is 25.1 Å². The van der Waals surface area contributed by atoms with Crippen LogP contribution in [0.1, 0.15) is 48.3 Å². The van der Waals surface area contributed by atoms with Gasteiger partial charge in [-0.05, 0) is 12.8 Å². The van der Waals surface area contributed by atoms with Crippen LogP contribution in [0.2, 0.25) is 0 Å². The van der Waals surface area contributed by atoms with Gasteiger partial charge in [-0.25, -0.2) is 4.98 Å². The minimum atomic E-state index is -0.206. The zero-order valence-corrected chi connectivity index (χ0v) is 14.6. The highest BCUT2D eigenvalue weighted by Crippen LogP contribution is 2.18. The van der Waals surface area contributed by atoms with Gasteiger partial charge in [0.05, 0.1) is 6.54 Å². The number of aryl methyl sites for hydroxylation is 1. The van der Waals surface area contributed by atoms with Crippen LogP contribution >= 0.6 is 11.3 Å². The van der Waals surface area contributed by atoms with Gasteiger partial charge in [0.1, 0.15) is 11.5 Å². The van der Waals surface area contributed by atoms with E-state index in [1.807, 2.05) is 0 Å². The average molecular weight is 348 g/mol. The predicted octanol–water partition coefficient (Wildman–Crippen LogP) is 1.69. The molecule has 0 aromatic carbocycles. The first-order valence-electron chi connectivity index (χ1n) is 7.94. The van der Waals surface area contributed by atoms with E-state index >= 15 is 0 Å². The second kappa shape index (κ2) is 7.08. The normalized spacial score (nSPS) is 13.9. The first-order valence-corrected chi connectivity index (χ1v) is 8.82. The standard InChI is InChI=1S/C15H20N6O2S/c1-10(22)16-15-17-11(9-24-15)14(23)20(2)8-13-19-18-12-6-4-3-5-7-21(12)13/h9H,3-8H2,1-2H3,(H,16,17,22). The Hall–Kier alpha value is -2.29. The molecule has 0 spiro atoms. The molecule has 3 heterocycles. The van der Waals surface area contributed by atoms with Crippen LogP contribution in [0.4, 0.5) is 5.13 Å². The van der Waals surface area contributed by atoms with Gasteiger partial charge in [-0.15, -0.1) is 21.5 Å². The Morgan fingerprint density at radius 3 is 2.96 bits per heavy atom. The fraction of sp³-hybridized carbons (Fsp3) is 0.533. The number of carbonyl (C=O) groups is 2. The maximum absolute atomic E-state index is 12.5. The van der Waals surface area contributed by atoms with Crippen LogP contribution in [0.25, 0.3) is 0 Å². The molecule has 128 valence electrons. The van der Waals surface area contributed by atoms with Crippen molar-refractivity contribution in [3.05, 3.63) is 22.7 Å².